The summed E-state index contributed by atoms with van der Waals surface area (Å²) in [5, 5.41) is 4.15. The van der Waals surface area contributed by atoms with Crippen LogP contribution in [0.4, 0.5) is 5.69 Å². The minimum atomic E-state index is -0.495. The van der Waals surface area contributed by atoms with Gasteiger partial charge in [-0.3, -0.25) is 4.79 Å². The van der Waals surface area contributed by atoms with Crippen molar-refractivity contribution in [1.29, 1.82) is 0 Å². The molecule has 4 nitrogen and oxygen atoms in total. The Kier molecular flexibility index (Phi) is 5.61. The summed E-state index contributed by atoms with van der Waals surface area (Å²) < 4.78 is 10.7. The predicted molar refractivity (Wildman–Crippen MR) is 107 cm³/mol. The van der Waals surface area contributed by atoms with Crippen LogP contribution in [0.2, 0.25) is 10.0 Å². The number of rotatable bonds is 4. The number of anilines is 1. The van der Waals surface area contributed by atoms with E-state index in [1.54, 1.807) is 12.1 Å². The first kappa shape index (κ1) is 19.2. The zero-order chi connectivity index (χ0) is 18.9. The number of thioether (sulfide) groups is 1. The van der Waals surface area contributed by atoms with Crippen LogP contribution in [0, 0.1) is 5.41 Å². The summed E-state index contributed by atoms with van der Waals surface area (Å²) in [6.45, 7) is 5.81. The maximum absolute atomic E-state index is 12.3. The lowest BCUT2D eigenvalue weighted by molar-refractivity contribution is -0.123. The molecule has 0 fully saturated rings. The quantitative estimate of drug-likeness (QED) is 0.626. The molecule has 0 spiro atoms. The summed E-state index contributed by atoms with van der Waals surface area (Å²) in [5.74, 6) is 1.85. The average molecular weight is 412 g/mol. The SMILES string of the molecule is CC(C)(C)C(=O)Nc1cccc(Cl)c1SCc1cc2c(cc1Cl)OCO2. The fourth-order valence-corrected chi connectivity index (χ4v) is 3.94. The van der Waals surface area contributed by atoms with Crippen molar-refractivity contribution in [3.8, 4) is 11.5 Å². The first-order chi connectivity index (χ1) is 12.3. The zero-order valence-corrected chi connectivity index (χ0v) is 17.0. The highest BCUT2D eigenvalue weighted by molar-refractivity contribution is 7.98. The third-order valence-electron chi connectivity index (χ3n) is 3.81. The molecule has 0 saturated carbocycles. The Hall–Kier alpha value is -1.56. The van der Waals surface area contributed by atoms with Crippen LogP contribution in [0.1, 0.15) is 26.3 Å². The summed E-state index contributed by atoms with van der Waals surface area (Å²) >= 11 is 14.2. The average Bonchev–Trinajstić information content (AvgIpc) is 3.00. The van der Waals surface area contributed by atoms with Crippen molar-refractivity contribution in [1.82, 2.24) is 0 Å². The Bertz CT molecular complexity index is 849. The lowest BCUT2D eigenvalue weighted by Gasteiger charge is -2.20. The molecule has 0 radical (unpaired) electrons. The van der Waals surface area contributed by atoms with Gasteiger partial charge in [-0.05, 0) is 23.8 Å². The Balaban J connectivity index is 1.81. The molecule has 7 heteroatoms. The Morgan fingerprint density at radius 3 is 2.54 bits per heavy atom. The number of nitrogens with one attached hydrogen (secondary N) is 1. The molecular weight excluding hydrogens is 393 g/mol. The molecular formula is C19H19Cl2NO3S. The molecule has 1 heterocycles. The highest BCUT2D eigenvalue weighted by Gasteiger charge is 2.23. The van der Waals surface area contributed by atoms with Crippen molar-refractivity contribution in [3.05, 3.63) is 45.9 Å². The molecule has 138 valence electrons. The minimum absolute atomic E-state index is 0.0669. The van der Waals surface area contributed by atoms with E-state index >= 15 is 0 Å². The molecule has 1 aliphatic rings. The molecule has 0 saturated heterocycles. The van der Waals surface area contributed by atoms with Crippen molar-refractivity contribution in [2.24, 2.45) is 5.41 Å². The molecule has 2 aromatic carbocycles. The molecule has 0 atom stereocenters. The number of carbonyl (C=O) groups is 1. The van der Waals surface area contributed by atoms with E-state index in [0.717, 1.165) is 10.5 Å². The van der Waals surface area contributed by atoms with E-state index < -0.39 is 5.41 Å². The topological polar surface area (TPSA) is 47.6 Å². The van der Waals surface area contributed by atoms with Crippen LogP contribution in [-0.2, 0) is 10.5 Å². The number of fused-ring (bicyclic) bond motifs is 1. The normalized spacial score (nSPS) is 13.0. The van der Waals surface area contributed by atoms with Crippen molar-refractivity contribution in [2.75, 3.05) is 12.1 Å². The van der Waals surface area contributed by atoms with Crippen LogP contribution in [0.25, 0.3) is 0 Å². The third-order valence-corrected chi connectivity index (χ3v) is 5.77. The van der Waals surface area contributed by atoms with E-state index in [1.807, 2.05) is 39.0 Å². The lowest BCUT2D eigenvalue weighted by Crippen LogP contribution is -2.27. The number of benzene rings is 2. The van der Waals surface area contributed by atoms with E-state index in [4.69, 9.17) is 32.7 Å². The van der Waals surface area contributed by atoms with Gasteiger partial charge in [0.05, 0.1) is 10.7 Å². The maximum atomic E-state index is 12.3. The first-order valence-electron chi connectivity index (χ1n) is 8.06. The lowest BCUT2D eigenvalue weighted by atomic mass is 9.95. The predicted octanol–water partition coefficient (Wildman–Crippen LogP) is 6.00. The number of halogens is 2. The molecule has 1 aliphatic heterocycles. The fourth-order valence-electron chi connectivity index (χ4n) is 2.28. The highest BCUT2D eigenvalue weighted by Crippen LogP contribution is 2.41. The van der Waals surface area contributed by atoms with Crippen LogP contribution in [0.15, 0.2) is 35.2 Å². The summed E-state index contributed by atoms with van der Waals surface area (Å²) in [4.78, 5) is 13.1. The molecule has 0 unspecified atom stereocenters. The van der Waals surface area contributed by atoms with Crippen molar-refractivity contribution in [2.45, 2.75) is 31.4 Å². The number of hydrogen-bond acceptors (Lipinski definition) is 4. The largest absolute Gasteiger partial charge is 0.454 e. The second kappa shape index (κ2) is 7.59. The summed E-state index contributed by atoms with van der Waals surface area (Å²) in [6.07, 6.45) is 0. The number of ether oxygens (including phenoxy) is 2. The standard InChI is InChI=1S/C19H19Cl2NO3S/c1-19(2,3)18(23)22-14-6-4-5-12(20)17(14)26-9-11-7-15-16(8-13(11)21)25-10-24-15/h4-8H,9-10H2,1-3H3,(H,22,23). The van der Waals surface area contributed by atoms with Crippen LogP contribution in [-0.4, -0.2) is 12.7 Å². The van der Waals surface area contributed by atoms with Crippen molar-refractivity contribution < 1.29 is 14.3 Å². The van der Waals surface area contributed by atoms with E-state index in [1.165, 1.54) is 11.8 Å². The summed E-state index contributed by atoms with van der Waals surface area (Å²) in [7, 11) is 0. The molecule has 1 N–H and O–H groups in total. The second-order valence-electron chi connectivity index (χ2n) is 6.91. The van der Waals surface area contributed by atoms with Gasteiger partial charge in [0.1, 0.15) is 0 Å². The van der Waals surface area contributed by atoms with E-state index in [2.05, 4.69) is 5.32 Å². The van der Waals surface area contributed by atoms with Crippen molar-refractivity contribution >= 4 is 46.6 Å². The summed E-state index contributed by atoms with van der Waals surface area (Å²) in [5.41, 5.74) is 1.11. The molecule has 0 aromatic heterocycles. The van der Waals surface area contributed by atoms with Gasteiger partial charge < -0.3 is 14.8 Å². The first-order valence-corrected chi connectivity index (χ1v) is 9.80. The number of amides is 1. The van der Waals surface area contributed by atoms with Crippen LogP contribution >= 0.6 is 35.0 Å². The molecule has 0 aliphatic carbocycles. The van der Waals surface area contributed by atoms with Gasteiger partial charge in [0.15, 0.2) is 11.5 Å². The molecule has 0 bridgehead atoms. The third kappa shape index (κ3) is 4.22. The van der Waals surface area contributed by atoms with Crippen molar-refractivity contribution in [3.63, 3.8) is 0 Å². The van der Waals surface area contributed by atoms with E-state index in [9.17, 15) is 4.79 Å². The molecule has 3 rings (SSSR count). The molecule has 2 aromatic rings. The number of hydrogen-bond donors (Lipinski definition) is 1. The Morgan fingerprint density at radius 2 is 1.85 bits per heavy atom. The zero-order valence-electron chi connectivity index (χ0n) is 14.7. The van der Waals surface area contributed by atoms with E-state index in [-0.39, 0.29) is 12.7 Å². The maximum Gasteiger partial charge on any atom is 0.231 e. The fraction of sp³-hybridized carbons (Fsp3) is 0.316. The second-order valence-corrected chi connectivity index (χ2v) is 8.71. The summed E-state index contributed by atoms with van der Waals surface area (Å²) in [6, 6.07) is 9.10. The highest BCUT2D eigenvalue weighted by atomic mass is 35.5. The van der Waals surface area contributed by atoms with Gasteiger partial charge in [-0.1, -0.05) is 50.0 Å². The Labute approximate surface area is 167 Å². The van der Waals surface area contributed by atoms with E-state index in [0.29, 0.717) is 33.0 Å². The van der Waals surface area contributed by atoms with Gasteiger partial charge in [-0.2, -0.15) is 0 Å². The number of carbonyl (C=O) groups excluding carboxylic acids is 1. The van der Waals surface area contributed by atoms with Gasteiger partial charge in [-0.15, -0.1) is 11.8 Å². The molecule has 1 amide bonds. The van der Waals surface area contributed by atoms with Gasteiger partial charge in [0.25, 0.3) is 0 Å². The van der Waals surface area contributed by atoms with Gasteiger partial charge in [0, 0.05) is 27.2 Å². The minimum Gasteiger partial charge on any atom is -0.454 e. The van der Waals surface area contributed by atoms with Crippen LogP contribution < -0.4 is 14.8 Å². The van der Waals surface area contributed by atoms with Crippen LogP contribution in [0.5, 0.6) is 11.5 Å². The smallest absolute Gasteiger partial charge is 0.231 e. The van der Waals surface area contributed by atoms with Crippen LogP contribution in [0.3, 0.4) is 0 Å². The monoisotopic (exact) mass is 411 g/mol. The van der Waals surface area contributed by atoms with Gasteiger partial charge in [0.2, 0.25) is 12.7 Å². The Morgan fingerprint density at radius 1 is 1.15 bits per heavy atom. The van der Waals surface area contributed by atoms with Gasteiger partial charge in [-0.25, -0.2) is 0 Å². The molecule has 26 heavy (non-hydrogen) atoms. The van der Waals surface area contributed by atoms with Gasteiger partial charge >= 0.3 is 0 Å².